The molecule has 7 atom stereocenters. The van der Waals surface area contributed by atoms with Crippen molar-refractivity contribution >= 4 is 6.08 Å². The SMILES string of the molecule is CC1(C)[C@H]2CC[C@]1(C)[C@H](n1c(=O)n3n(c1=O)[C@@H]1C=C[C@@H]3[C@@]34C=Cc5ccccc5[C@@]13C=C4)C2. The predicted octanol–water partition coefficient (Wildman–Crippen LogP) is 4.39. The molecule has 1 aromatic heterocycles. The van der Waals surface area contributed by atoms with Gasteiger partial charge in [0.1, 0.15) is 0 Å². The van der Waals surface area contributed by atoms with E-state index in [1.165, 1.54) is 17.5 Å². The van der Waals surface area contributed by atoms with E-state index in [4.69, 9.17) is 0 Å². The maximum absolute atomic E-state index is 14.1. The smallest absolute Gasteiger partial charge is 0.246 e. The summed E-state index contributed by atoms with van der Waals surface area (Å²) in [5.74, 6) is 0.572. The van der Waals surface area contributed by atoms with E-state index in [0.717, 1.165) is 12.8 Å². The number of aromatic nitrogens is 3. The van der Waals surface area contributed by atoms with Gasteiger partial charge < -0.3 is 0 Å². The highest BCUT2D eigenvalue weighted by atomic mass is 16.2. The minimum absolute atomic E-state index is 0.0262. The lowest BCUT2D eigenvalue weighted by Gasteiger charge is -2.65. The predicted molar refractivity (Wildman–Crippen MR) is 127 cm³/mol. The van der Waals surface area contributed by atoms with Gasteiger partial charge in [0, 0.05) is 11.5 Å². The fourth-order valence-corrected chi connectivity index (χ4v) is 9.07. The fraction of sp³-hybridized carbons (Fsp3) is 0.500. The maximum atomic E-state index is 14.1. The highest BCUT2D eigenvalue weighted by Crippen LogP contribution is 2.71. The topological polar surface area (TPSA) is 48.9 Å². The lowest BCUT2D eigenvalue weighted by Crippen LogP contribution is -2.66. The van der Waals surface area contributed by atoms with E-state index >= 15 is 0 Å². The Morgan fingerprint density at radius 1 is 0.909 bits per heavy atom. The molecule has 0 radical (unpaired) electrons. The van der Waals surface area contributed by atoms with Gasteiger partial charge in [0.2, 0.25) is 0 Å². The normalized spacial score (nSPS) is 43.7. The Morgan fingerprint density at radius 3 is 2.30 bits per heavy atom. The third-order valence-corrected chi connectivity index (χ3v) is 11.3. The Labute approximate surface area is 192 Å². The van der Waals surface area contributed by atoms with Crippen molar-refractivity contribution in [3.63, 3.8) is 0 Å². The number of nitrogens with zero attached hydrogens (tertiary/aromatic N) is 3. The van der Waals surface area contributed by atoms with E-state index < -0.39 is 0 Å². The average molecular weight is 440 g/mol. The third-order valence-electron chi connectivity index (χ3n) is 11.3. The number of benzene rings is 1. The molecule has 5 nitrogen and oxygen atoms in total. The number of hydrogen-bond acceptors (Lipinski definition) is 2. The summed E-state index contributed by atoms with van der Waals surface area (Å²) in [6.45, 7) is 6.99. The molecule has 0 amide bonds. The van der Waals surface area contributed by atoms with E-state index in [0.29, 0.717) is 5.92 Å². The van der Waals surface area contributed by atoms with Gasteiger partial charge in [-0.15, -0.1) is 0 Å². The third kappa shape index (κ3) is 1.60. The van der Waals surface area contributed by atoms with E-state index in [-0.39, 0.29) is 51.2 Å². The zero-order chi connectivity index (χ0) is 22.5. The lowest BCUT2D eigenvalue weighted by atomic mass is 9.42. The molecule has 0 N–H and O–H groups in total. The minimum Gasteiger partial charge on any atom is -0.246 e. The second kappa shape index (κ2) is 5.13. The molecule has 2 aromatic rings. The van der Waals surface area contributed by atoms with Crippen molar-refractivity contribution in [1.82, 2.24) is 13.9 Å². The van der Waals surface area contributed by atoms with Gasteiger partial charge in [-0.05, 0) is 47.1 Å². The van der Waals surface area contributed by atoms with E-state index in [1.807, 2.05) is 4.68 Å². The molecule has 0 saturated heterocycles. The van der Waals surface area contributed by atoms with Crippen molar-refractivity contribution in [2.24, 2.45) is 22.2 Å². The van der Waals surface area contributed by atoms with Gasteiger partial charge in [0.15, 0.2) is 0 Å². The summed E-state index contributed by atoms with van der Waals surface area (Å²) in [5, 5.41) is 0. The summed E-state index contributed by atoms with van der Waals surface area (Å²) in [7, 11) is 0. The average Bonchev–Trinajstić information content (AvgIpc) is 3.26. The molecular weight excluding hydrogens is 410 g/mol. The fourth-order valence-electron chi connectivity index (χ4n) is 9.07. The molecule has 33 heavy (non-hydrogen) atoms. The number of fused-ring (bicyclic) bond motifs is 3. The quantitative estimate of drug-likeness (QED) is 0.619. The van der Waals surface area contributed by atoms with Gasteiger partial charge in [0.25, 0.3) is 0 Å². The largest absolute Gasteiger partial charge is 0.348 e. The van der Waals surface area contributed by atoms with Crippen molar-refractivity contribution in [2.45, 2.75) is 63.6 Å². The molecule has 5 heteroatoms. The summed E-state index contributed by atoms with van der Waals surface area (Å²) in [5.41, 5.74) is 1.75. The van der Waals surface area contributed by atoms with Crippen molar-refractivity contribution < 1.29 is 0 Å². The van der Waals surface area contributed by atoms with Gasteiger partial charge >= 0.3 is 11.4 Å². The first-order valence-corrected chi connectivity index (χ1v) is 12.4. The second-order valence-corrected chi connectivity index (χ2v) is 12.1. The van der Waals surface area contributed by atoms with Crippen molar-refractivity contribution in [3.05, 3.63) is 86.7 Å². The molecule has 2 aliphatic heterocycles. The molecule has 4 bridgehead atoms. The molecule has 0 unspecified atom stereocenters. The Balaban J connectivity index is 1.39. The van der Waals surface area contributed by atoms with Gasteiger partial charge in [-0.25, -0.2) is 23.5 Å². The van der Waals surface area contributed by atoms with Crippen LogP contribution in [0.15, 0.2) is 64.2 Å². The van der Waals surface area contributed by atoms with Crippen LogP contribution in [0.1, 0.15) is 69.3 Å². The van der Waals surface area contributed by atoms with Crippen molar-refractivity contribution in [1.29, 1.82) is 0 Å². The first-order chi connectivity index (χ1) is 15.8. The molecule has 1 aromatic carbocycles. The van der Waals surface area contributed by atoms with Crippen LogP contribution in [-0.2, 0) is 5.41 Å². The van der Waals surface area contributed by atoms with E-state index in [1.54, 1.807) is 9.25 Å². The Kier molecular flexibility index (Phi) is 2.89. The molecular formula is C28H29N3O2. The molecule has 9 rings (SSSR count). The van der Waals surface area contributed by atoms with Crippen LogP contribution in [0.5, 0.6) is 0 Å². The lowest BCUT2D eigenvalue weighted by molar-refractivity contribution is 0.0438. The highest BCUT2D eigenvalue weighted by molar-refractivity contribution is 5.70. The monoisotopic (exact) mass is 439 g/mol. The van der Waals surface area contributed by atoms with Gasteiger partial charge in [-0.2, -0.15) is 0 Å². The van der Waals surface area contributed by atoms with E-state index in [9.17, 15) is 9.59 Å². The molecule has 3 heterocycles. The highest BCUT2D eigenvalue weighted by Gasteiger charge is 2.69. The molecule has 7 aliphatic rings. The summed E-state index contributed by atoms with van der Waals surface area (Å²) in [4.78, 5) is 28.2. The molecule has 5 aliphatic carbocycles. The number of hydrogen-bond donors (Lipinski definition) is 0. The second-order valence-electron chi connectivity index (χ2n) is 12.1. The summed E-state index contributed by atoms with van der Waals surface area (Å²) in [6, 6.07) is 8.12. The van der Waals surface area contributed by atoms with Crippen LogP contribution < -0.4 is 11.4 Å². The minimum atomic E-state index is -0.307. The molecule has 0 spiro atoms. The van der Waals surface area contributed by atoms with Crippen molar-refractivity contribution in [2.75, 3.05) is 0 Å². The Hall–Kier alpha value is -2.82. The van der Waals surface area contributed by atoms with Crippen LogP contribution in [-0.4, -0.2) is 13.9 Å². The summed E-state index contributed by atoms with van der Waals surface area (Å²) >= 11 is 0. The molecule has 168 valence electrons. The Bertz CT molecular complexity index is 1480. The van der Waals surface area contributed by atoms with Crippen LogP contribution in [0.4, 0.5) is 0 Å². The standard InChI is InChI=1S/C28H29N3O2/c1-25(2)18-11-12-26(25,3)22(16-18)29-23(32)30-20-8-9-21(31(30)24(29)33)28-15-14-27(20,28)13-10-17-6-4-5-7-19(17)28/h4-10,13-15,18,20-22H,11-12,16H2,1-3H3/t18-,20+,21+,22+,26+,27-,28-/m0/s1. The van der Waals surface area contributed by atoms with Gasteiger partial charge in [0.05, 0.1) is 17.5 Å². The van der Waals surface area contributed by atoms with Crippen LogP contribution >= 0.6 is 0 Å². The number of rotatable bonds is 1. The van der Waals surface area contributed by atoms with Gasteiger partial charge in [-0.1, -0.05) is 81.5 Å². The van der Waals surface area contributed by atoms with Crippen molar-refractivity contribution in [3.8, 4) is 0 Å². The van der Waals surface area contributed by atoms with Crippen LogP contribution in [0.2, 0.25) is 0 Å². The first kappa shape index (κ1) is 18.6. The number of allylic oxidation sites excluding steroid dienone is 5. The zero-order valence-electron chi connectivity index (χ0n) is 19.4. The molecule has 2 saturated carbocycles. The van der Waals surface area contributed by atoms with Crippen LogP contribution in [0, 0.1) is 22.2 Å². The Morgan fingerprint density at radius 2 is 1.64 bits per heavy atom. The summed E-state index contributed by atoms with van der Waals surface area (Å²) < 4.78 is 5.27. The zero-order valence-corrected chi connectivity index (χ0v) is 19.4. The van der Waals surface area contributed by atoms with E-state index in [2.05, 4.69) is 81.5 Å². The van der Waals surface area contributed by atoms with Gasteiger partial charge in [-0.3, -0.25) is 0 Å². The summed E-state index contributed by atoms with van der Waals surface area (Å²) in [6.07, 6.45) is 16.6. The van der Waals surface area contributed by atoms with Crippen LogP contribution in [0.25, 0.3) is 6.08 Å². The van der Waals surface area contributed by atoms with Crippen LogP contribution in [0.3, 0.4) is 0 Å². The molecule has 2 fully saturated rings. The first-order valence-electron chi connectivity index (χ1n) is 12.4. The maximum Gasteiger partial charge on any atom is 0.348 e.